The van der Waals surface area contributed by atoms with Gasteiger partial charge < -0.3 is 77.6 Å². The highest BCUT2D eigenvalue weighted by atomic mass is 16.7. The lowest BCUT2D eigenvalue weighted by molar-refractivity contribution is -0.338. The smallest absolute Gasteiger partial charge is 0.188 e. The average molecular weight is 485 g/mol. The van der Waals surface area contributed by atoms with Gasteiger partial charge in [-0.15, -0.1) is 0 Å². The highest BCUT2D eigenvalue weighted by molar-refractivity contribution is 5.01. The van der Waals surface area contributed by atoms with Crippen LogP contribution in [0.15, 0.2) is 0 Å². The first-order chi connectivity index (χ1) is 15.4. The van der Waals surface area contributed by atoms with Crippen molar-refractivity contribution in [2.45, 2.75) is 98.2 Å². The van der Waals surface area contributed by atoms with Gasteiger partial charge in [-0.2, -0.15) is 0 Å². The Morgan fingerprint density at radius 3 is 1.97 bits per heavy atom. The molecule has 2 saturated heterocycles. The maximum Gasteiger partial charge on any atom is 0.188 e. The van der Waals surface area contributed by atoms with E-state index in [2.05, 4.69) is 0 Å². The Morgan fingerprint density at radius 1 is 0.848 bits per heavy atom. The van der Waals surface area contributed by atoms with Crippen molar-refractivity contribution in [2.24, 2.45) is 22.9 Å². The van der Waals surface area contributed by atoms with Crippen molar-refractivity contribution in [1.29, 1.82) is 0 Å². The molecule has 2 aliphatic heterocycles. The quantitative estimate of drug-likeness (QED) is 0.156. The second kappa shape index (κ2) is 10.6. The Morgan fingerprint density at radius 2 is 1.42 bits per heavy atom. The van der Waals surface area contributed by atoms with E-state index in [0.717, 1.165) is 0 Å². The lowest BCUT2D eigenvalue weighted by Crippen LogP contribution is -2.69. The third kappa shape index (κ3) is 5.48. The summed E-state index contributed by atoms with van der Waals surface area (Å²) in [5, 5.41) is 71.1. The molecule has 15 nitrogen and oxygen atoms in total. The molecule has 0 aromatic heterocycles. The molecule has 14 atom stereocenters. The van der Waals surface area contributed by atoms with Crippen LogP contribution in [0.5, 0.6) is 0 Å². The first-order valence-electron chi connectivity index (χ1n) is 10.8. The molecule has 1 aliphatic carbocycles. The molecule has 1 saturated carbocycles. The van der Waals surface area contributed by atoms with E-state index in [-0.39, 0.29) is 19.4 Å². The third-order valence-corrected chi connectivity index (χ3v) is 6.40. The van der Waals surface area contributed by atoms with Crippen molar-refractivity contribution in [3.63, 3.8) is 0 Å². The first kappa shape index (κ1) is 27.0. The van der Waals surface area contributed by atoms with Gasteiger partial charge in [0.25, 0.3) is 0 Å². The van der Waals surface area contributed by atoms with Crippen LogP contribution in [0.2, 0.25) is 0 Å². The summed E-state index contributed by atoms with van der Waals surface area (Å²) in [6, 6.07) is -1.70. The van der Waals surface area contributed by atoms with Gasteiger partial charge in [-0.3, -0.25) is 0 Å². The summed E-state index contributed by atoms with van der Waals surface area (Å²) in [5.41, 5.74) is 21.3. The van der Waals surface area contributed by atoms with E-state index in [1.165, 1.54) is 0 Å². The van der Waals surface area contributed by atoms with Crippen LogP contribution in [0.3, 0.4) is 0 Å². The molecule has 3 rings (SSSR count). The molecule has 0 amide bonds. The zero-order valence-corrected chi connectivity index (χ0v) is 17.9. The number of hydrogen-bond acceptors (Lipinski definition) is 15. The zero-order valence-electron chi connectivity index (χ0n) is 17.9. The van der Waals surface area contributed by atoms with Crippen LogP contribution >= 0.6 is 0 Å². The zero-order chi connectivity index (χ0) is 24.7. The van der Waals surface area contributed by atoms with E-state index < -0.39 is 91.9 Å². The Kier molecular flexibility index (Phi) is 8.65. The number of aliphatic hydroxyl groups is 7. The molecule has 0 aromatic carbocycles. The van der Waals surface area contributed by atoms with E-state index in [1.54, 1.807) is 0 Å². The van der Waals surface area contributed by atoms with Gasteiger partial charge in [0.2, 0.25) is 0 Å². The van der Waals surface area contributed by atoms with Crippen LogP contribution in [0.4, 0.5) is 0 Å². The van der Waals surface area contributed by atoms with Crippen molar-refractivity contribution in [2.75, 3.05) is 13.2 Å². The van der Waals surface area contributed by atoms with Gasteiger partial charge in [-0.25, -0.2) is 0 Å². The molecule has 1 unspecified atom stereocenters. The van der Waals surface area contributed by atoms with E-state index in [9.17, 15) is 35.7 Å². The molecule has 0 aromatic rings. The molecule has 3 fully saturated rings. The van der Waals surface area contributed by atoms with Crippen LogP contribution in [-0.2, 0) is 18.9 Å². The number of rotatable bonds is 6. The molecule has 2 heterocycles. The summed E-state index contributed by atoms with van der Waals surface area (Å²) in [4.78, 5) is 0. The Balaban J connectivity index is 1.73. The summed E-state index contributed by atoms with van der Waals surface area (Å²) < 4.78 is 22.2. The fourth-order valence-electron chi connectivity index (χ4n) is 4.42. The lowest BCUT2D eigenvalue weighted by Gasteiger charge is -2.48. The van der Waals surface area contributed by atoms with Gasteiger partial charge in [0.05, 0.1) is 12.7 Å². The molecule has 0 spiro atoms. The summed E-state index contributed by atoms with van der Waals surface area (Å²) in [6.07, 6.45) is -15.6. The number of hydrogen-bond donors (Lipinski definition) is 11. The van der Waals surface area contributed by atoms with Crippen molar-refractivity contribution in [3.8, 4) is 0 Å². The largest absolute Gasteiger partial charge is 0.394 e. The monoisotopic (exact) mass is 484 g/mol. The fourth-order valence-corrected chi connectivity index (χ4v) is 4.42. The number of aliphatic hydroxyl groups excluding tert-OH is 6. The van der Waals surface area contributed by atoms with Crippen molar-refractivity contribution < 1.29 is 54.7 Å². The Hall–Kier alpha value is -0.600. The molecule has 3 aliphatic rings. The minimum absolute atomic E-state index is 0.0693. The highest BCUT2D eigenvalue weighted by Gasteiger charge is 2.52. The van der Waals surface area contributed by atoms with E-state index in [1.807, 2.05) is 0 Å². The number of nitrogens with two attached hydrogens (primary N) is 4. The van der Waals surface area contributed by atoms with Gasteiger partial charge in [-0.1, -0.05) is 0 Å². The molecule has 0 radical (unpaired) electrons. The maximum absolute atomic E-state index is 10.9. The molecule has 15 heteroatoms. The maximum atomic E-state index is 10.9. The molecule has 15 N–H and O–H groups in total. The van der Waals surface area contributed by atoms with Gasteiger partial charge in [-0.05, 0) is 6.42 Å². The van der Waals surface area contributed by atoms with Crippen molar-refractivity contribution in [3.05, 3.63) is 0 Å². The Bertz CT molecular complexity index is 647. The second-order valence-electron chi connectivity index (χ2n) is 8.96. The highest BCUT2D eigenvalue weighted by Crippen LogP contribution is 2.32. The molecular formula is C18H36N4O11. The standard InChI is InChI=1S/C18H36N4O11/c19-3-8-9(24)10(25)11(26)16(31-8)32-13-6(20)1-7(21)14(12(13)27)33-17-15(28)18(22,29)2-5(4-23)30-17/h5-17,23-29H,1-4,19-22H2/t5-,6-,7+,8+,9+,10-,11+,12-,13+,14-,15-,16+,17+,18?/m0/s1. The van der Waals surface area contributed by atoms with Gasteiger partial charge in [0.15, 0.2) is 12.6 Å². The van der Waals surface area contributed by atoms with E-state index >= 15 is 0 Å². The molecular weight excluding hydrogens is 448 g/mol. The van der Waals surface area contributed by atoms with Crippen LogP contribution in [-0.4, -0.2) is 134 Å². The normalized spacial score (nSPS) is 53.7. The SMILES string of the molecule is NC[C@H]1O[C@H](O[C@H]2[C@H](O)[C@@H](O[C@H]3O[C@H](CO)CC(N)(O)[C@H]3O)[C@H](N)C[C@@H]2N)[C@H](O)[C@@H](O)[C@@H]1O. The number of ether oxygens (including phenoxy) is 4. The summed E-state index contributed by atoms with van der Waals surface area (Å²) in [7, 11) is 0. The van der Waals surface area contributed by atoms with Crippen LogP contribution in [0, 0.1) is 0 Å². The molecule has 0 bridgehead atoms. The fraction of sp³-hybridized carbons (Fsp3) is 1.00. The summed E-state index contributed by atoms with van der Waals surface area (Å²) in [5.74, 6) is 0. The molecule has 194 valence electrons. The molecule has 33 heavy (non-hydrogen) atoms. The van der Waals surface area contributed by atoms with Gasteiger partial charge in [0, 0.05) is 25.0 Å². The van der Waals surface area contributed by atoms with Crippen LogP contribution in [0.25, 0.3) is 0 Å². The van der Waals surface area contributed by atoms with Crippen molar-refractivity contribution in [1.82, 2.24) is 0 Å². The van der Waals surface area contributed by atoms with E-state index in [4.69, 9.17) is 41.9 Å². The first-order valence-corrected chi connectivity index (χ1v) is 10.8. The van der Waals surface area contributed by atoms with Gasteiger partial charge >= 0.3 is 0 Å². The van der Waals surface area contributed by atoms with E-state index in [0.29, 0.717) is 0 Å². The predicted octanol–water partition coefficient (Wildman–Crippen LogP) is -6.94. The van der Waals surface area contributed by atoms with Gasteiger partial charge in [0.1, 0.15) is 54.6 Å². The van der Waals surface area contributed by atoms with Crippen LogP contribution in [0.1, 0.15) is 12.8 Å². The van der Waals surface area contributed by atoms with Crippen molar-refractivity contribution >= 4 is 0 Å². The third-order valence-electron chi connectivity index (χ3n) is 6.40. The minimum atomic E-state index is -2.12. The lowest BCUT2D eigenvalue weighted by atomic mass is 9.84. The predicted molar refractivity (Wildman–Crippen MR) is 108 cm³/mol. The Labute approximate surface area is 189 Å². The van der Waals surface area contributed by atoms with Crippen LogP contribution < -0.4 is 22.9 Å². The summed E-state index contributed by atoms with van der Waals surface area (Å²) >= 11 is 0. The second-order valence-corrected chi connectivity index (χ2v) is 8.96. The minimum Gasteiger partial charge on any atom is -0.394 e. The summed E-state index contributed by atoms with van der Waals surface area (Å²) in [6.45, 7) is -0.680. The topological polar surface area (TPSA) is 283 Å². The average Bonchev–Trinajstić information content (AvgIpc) is 2.76.